The Bertz CT molecular complexity index is 741. The number of aryl methyl sites for hydroxylation is 1. The zero-order valence-corrected chi connectivity index (χ0v) is 15.8. The van der Waals surface area contributed by atoms with Gasteiger partial charge in [0.15, 0.2) is 0 Å². The van der Waals surface area contributed by atoms with Gasteiger partial charge in [-0.2, -0.15) is 0 Å². The predicted molar refractivity (Wildman–Crippen MR) is 106 cm³/mol. The standard InChI is InChI=1S/C23H28N2O2/c26-22-15-27-19-23(18-25(22)14-21-10-5-2-6-11-21)16-24(17-23)13-7-12-20-8-3-1-4-9-20/h1-6,8-11H,7,12-19H2. The predicted octanol–water partition coefficient (Wildman–Crippen LogP) is 2.98. The van der Waals surface area contributed by atoms with Gasteiger partial charge < -0.3 is 14.5 Å². The van der Waals surface area contributed by atoms with Crippen LogP contribution in [-0.4, -0.2) is 55.1 Å². The van der Waals surface area contributed by atoms with E-state index < -0.39 is 0 Å². The van der Waals surface area contributed by atoms with Crippen molar-refractivity contribution in [1.29, 1.82) is 0 Å². The summed E-state index contributed by atoms with van der Waals surface area (Å²) in [6.45, 7) is 5.56. The Morgan fingerprint density at radius 1 is 0.889 bits per heavy atom. The van der Waals surface area contributed by atoms with Crippen LogP contribution >= 0.6 is 0 Å². The van der Waals surface area contributed by atoms with Gasteiger partial charge in [0.2, 0.25) is 5.91 Å². The van der Waals surface area contributed by atoms with Crippen LogP contribution in [0, 0.1) is 5.41 Å². The quantitative estimate of drug-likeness (QED) is 0.790. The summed E-state index contributed by atoms with van der Waals surface area (Å²) >= 11 is 0. The Labute approximate surface area is 161 Å². The number of hydrogen-bond acceptors (Lipinski definition) is 3. The molecule has 2 saturated heterocycles. The molecule has 0 N–H and O–H groups in total. The molecule has 2 aromatic carbocycles. The first-order valence-corrected chi connectivity index (χ1v) is 9.88. The van der Waals surface area contributed by atoms with Crippen molar-refractivity contribution in [2.75, 3.05) is 39.4 Å². The van der Waals surface area contributed by atoms with Gasteiger partial charge in [0.05, 0.1) is 6.61 Å². The van der Waals surface area contributed by atoms with Crippen molar-refractivity contribution in [2.24, 2.45) is 5.41 Å². The Morgan fingerprint density at radius 3 is 2.26 bits per heavy atom. The van der Waals surface area contributed by atoms with Crippen LogP contribution in [0.1, 0.15) is 17.5 Å². The van der Waals surface area contributed by atoms with Gasteiger partial charge in [0.25, 0.3) is 0 Å². The van der Waals surface area contributed by atoms with Gasteiger partial charge in [0.1, 0.15) is 6.61 Å². The summed E-state index contributed by atoms with van der Waals surface area (Å²) in [6, 6.07) is 20.9. The summed E-state index contributed by atoms with van der Waals surface area (Å²) in [7, 11) is 0. The normalized spacial score (nSPS) is 19.7. The van der Waals surface area contributed by atoms with Crippen LogP contribution in [0.3, 0.4) is 0 Å². The molecular formula is C23H28N2O2. The van der Waals surface area contributed by atoms with E-state index in [1.54, 1.807) is 0 Å². The lowest BCUT2D eigenvalue weighted by atomic mass is 9.79. The summed E-state index contributed by atoms with van der Waals surface area (Å²) < 4.78 is 5.74. The third-order valence-corrected chi connectivity index (χ3v) is 5.63. The molecule has 0 radical (unpaired) electrons. The van der Waals surface area contributed by atoms with Crippen LogP contribution in [0.25, 0.3) is 0 Å². The highest BCUT2D eigenvalue weighted by atomic mass is 16.5. The largest absolute Gasteiger partial charge is 0.371 e. The minimum absolute atomic E-state index is 0.105. The fourth-order valence-electron chi connectivity index (χ4n) is 4.34. The molecule has 0 aromatic heterocycles. The molecule has 2 aliphatic rings. The second kappa shape index (κ2) is 8.24. The van der Waals surface area contributed by atoms with E-state index in [0.717, 1.165) is 32.6 Å². The number of likely N-dealkylation sites (tertiary alicyclic amines) is 1. The van der Waals surface area contributed by atoms with E-state index in [1.807, 2.05) is 23.1 Å². The van der Waals surface area contributed by atoms with Crippen molar-refractivity contribution >= 4 is 5.91 Å². The minimum Gasteiger partial charge on any atom is -0.371 e. The third-order valence-electron chi connectivity index (χ3n) is 5.63. The zero-order chi connectivity index (χ0) is 18.5. The van der Waals surface area contributed by atoms with Crippen molar-refractivity contribution in [3.05, 3.63) is 71.8 Å². The van der Waals surface area contributed by atoms with E-state index in [4.69, 9.17) is 4.74 Å². The van der Waals surface area contributed by atoms with Crippen LogP contribution in [-0.2, 0) is 22.5 Å². The molecule has 2 fully saturated rings. The van der Waals surface area contributed by atoms with Crippen LogP contribution in [0.2, 0.25) is 0 Å². The van der Waals surface area contributed by atoms with Crippen LogP contribution in [0.5, 0.6) is 0 Å². The highest BCUT2D eigenvalue weighted by Gasteiger charge is 2.46. The summed E-state index contributed by atoms with van der Waals surface area (Å²) in [5.74, 6) is 0.109. The van der Waals surface area contributed by atoms with Crippen LogP contribution in [0.4, 0.5) is 0 Å². The Balaban J connectivity index is 1.29. The Morgan fingerprint density at radius 2 is 1.56 bits per heavy atom. The SMILES string of the molecule is O=C1COCC2(CN(CCCc3ccccc3)C2)CN1Cc1ccccc1. The molecule has 4 nitrogen and oxygen atoms in total. The number of carbonyl (C=O) groups is 1. The molecule has 27 heavy (non-hydrogen) atoms. The first-order valence-electron chi connectivity index (χ1n) is 9.88. The fourth-order valence-corrected chi connectivity index (χ4v) is 4.34. The molecule has 0 unspecified atom stereocenters. The first kappa shape index (κ1) is 18.2. The molecule has 0 atom stereocenters. The number of hydrogen-bond donors (Lipinski definition) is 0. The maximum absolute atomic E-state index is 12.4. The molecule has 1 amide bonds. The maximum atomic E-state index is 12.4. The van der Waals surface area contributed by atoms with Gasteiger partial charge in [-0.1, -0.05) is 60.7 Å². The van der Waals surface area contributed by atoms with Gasteiger partial charge in [-0.3, -0.25) is 4.79 Å². The van der Waals surface area contributed by atoms with Gasteiger partial charge in [-0.05, 0) is 30.5 Å². The smallest absolute Gasteiger partial charge is 0.248 e. The number of ether oxygens (including phenoxy) is 1. The molecular weight excluding hydrogens is 336 g/mol. The molecule has 0 aliphatic carbocycles. The summed E-state index contributed by atoms with van der Waals surface area (Å²) in [5, 5.41) is 0. The van der Waals surface area contributed by atoms with E-state index in [-0.39, 0.29) is 17.9 Å². The van der Waals surface area contributed by atoms with Crippen molar-refractivity contribution in [2.45, 2.75) is 19.4 Å². The number of rotatable bonds is 6. The van der Waals surface area contributed by atoms with E-state index in [2.05, 4.69) is 47.4 Å². The Kier molecular flexibility index (Phi) is 5.55. The molecule has 1 spiro atoms. The second-order valence-electron chi connectivity index (χ2n) is 8.03. The molecule has 0 saturated carbocycles. The Hall–Kier alpha value is -2.17. The number of amides is 1. The van der Waals surface area contributed by atoms with Crippen molar-refractivity contribution < 1.29 is 9.53 Å². The second-order valence-corrected chi connectivity index (χ2v) is 8.03. The van der Waals surface area contributed by atoms with Crippen LogP contribution < -0.4 is 0 Å². The average molecular weight is 364 g/mol. The lowest BCUT2D eigenvalue weighted by Gasteiger charge is -2.50. The summed E-state index contributed by atoms with van der Waals surface area (Å²) in [4.78, 5) is 16.9. The molecule has 4 heteroatoms. The van der Waals surface area contributed by atoms with E-state index in [9.17, 15) is 4.79 Å². The van der Waals surface area contributed by atoms with Gasteiger partial charge in [-0.15, -0.1) is 0 Å². The molecule has 2 heterocycles. The van der Waals surface area contributed by atoms with E-state index in [0.29, 0.717) is 13.2 Å². The number of nitrogens with zero attached hydrogens (tertiary/aromatic N) is 2. The maximum Gasteiger partial charge on any atom is 0.248 e. The first-order chi connectivity index (χ1) is 13.2. The highest BCUT2D eigenvalue weighted by Crippen LogP contribution is 2.34. The molecule has 2 aliphatic heterocycles. The fraction of sp³-hybridized carbons (Fsp3) is 0.435. The third kappa shape index (κ3) is 4.57. The molecule has 142 valence electrons. The highest BCUT2D eigenvalue weighted by molar-refractivity contribution is 5.77. The summed E-state index contributed by atoms with van der Waals surface area (Å²) in [6.07, 6.45) is 2.30. The van der Waals surface area contributed by atoms with Crippen molar-refractivity contribution in [3.8, 4) is 0 Å². The number of benzene rings is 2. The zero-order valence-electron chi connectivity index (χ0n) is 15.8. The topological polar surface area (TPSA) is 32.8 Å². The molecule has 2 aromatic rings. The lowest BCUT2D eigenvalue weighted by molar-refractivity contribution is -0.134. The summed E-state index contributed by atoms with van der Waals surface area (Å²) in [5.41, 5.74) is 2.69. The van der Waals surface area contributed by atoms with E-state index in [1.165, 1.54) is 17.5 Å². The van der Waals surface area contributed by atoms with Crippen LogP contribution in [0.15, 0.2) is 60.7 Å². The van der Waals surface area contributed by atoms with Gasteiger partial charge in [-0.25, -0.2) is 0 Å². The minimum atomic E-state index is 0.105. The van der Waals surface area contributed by atoms with E-state index >= 15 is 0 Å². The van der Waals surface area contributed by atoms with Crippen molar-refractivity contribution in [3.63, 3.8) is 0 Å². The average Bonchev–Trinajstić information content (AvgIpc) is 2.82. The van der Waals surface area contributed by atoms with Gasteiger partial charge >= 0.3 is 0 Å². The molecule has 0 bridgehead atoms. The van der Waals surface area contributed by atoms with Gasteiger partial charge in [0, 0.05) is 31.6 Å². The monoisotopic (exact) mass is 364 g/mol. The van der Waals surface area contributed by atoms with Crippen molar-refractivity contribution in [1.82, 2.24) is 9.80 Å². The molecule has 4 rings (SSSR count). The lowest BCUT2D eigenvalue weighted by Crippen LogP contribution is -2.62. The number of carbonyl (C=O) groups excluding carboxylic acids is 1.